The third kappa shape index (κ3) is 4.41. The minimum atomic E-state index is -3.10. The van der Waals surface area contributed by atoms with E-state index in [1.54, 1.807) is 4.31 Å². The van der Waals surface area contributed by atoms with E-state index >= 15 is 0 Å². The summed E-state index contributed by atoms with van der Waals surface area (Å²) in [6.07, 6.45) is 2.90. The molecular formula is C23H35N5O2S. The van der Waals surface area contributed by atoms with Crippen LogP contribution in [0.4, 0.5) is 11.4 Å². The highest BCUT2D eigenvalue weighted by molar-refractivity contribution is 7.88. The van der Waals surface area contributed by atoms with Gasteiger partial charge < -0.3 is 14.7 Å². The second kappa shape index (κ2) is 8.27. The van der Waals surface area contributed by atoms with Crippen LogP contribution in [0.3, 0.4) is 0 Å². The molecule has 0 amide bonds. The maximum Gasteiger partial charge on any atom is 0.211 e. The van der Waals surface area contributed by atoms with Crippen molar-refractivity contribution in [2.45, 2.75) is 26.7 Å². The van der Waals surface area contributed by atoms with Crippen LogP contribution in [0.15, 0.2) is 24.3 Å². The summed E-state index contributed by atoms with van der Waals surface area (Å²) in [5, 5.41) is 8.81. The molecule has 3 saturated heterocycles. The van der Waals surface area contributed by atoms with Crippen LogP contribution in [-0.4, -0.2) is 82.8 Å². The zero-order chi connectivity index (χ0) is 22.3. The average Bonchev–Trinajstić information content (AvgIpc) is 3.11. The predicted octanol–water partition coefficient (Wildman–Crippen LogP) is 2.22. The van der Waals surface area contributed by atoms with Crippen molar-refractivity contribution in [3.63, 3.8) is 0 Å². The molecule has 0 radical (unpaired) electrons. The number of unbranched alkanes of at least 4 members (excludes halogenated alkanes) is 1. The fourth-order valence-corrected chi connectivity index (χ4v) is 6.51. The van der Waals surface area contributed by atoms with E-state index in [9.17, 15) is 8.42 Å². The number of rotatable bonds is 6. The zero-order valence-electron chi connectivity index (χ0n) is 19.0. The minimum absolute atomic E-state index is 0.264. The number of benzene rings is 1. The van der Waals surface area contributed by atoms with Crippen LogP contribution in [0.25, 0.3) is 0 Å². The van der Waals surface area contributed by atoms with Crippen LogP contribution < -0.4 is 9.80 Å². The molecule has 0 N–H and O–H groups in total. The topological polar surface area (TPSA) is 70.9 Å². The van der Waals surface area contributed by atoms with Gasteiger partial charge >= 0.3 is 0 Å². The molecule has 1 aromatic carbocycles. The third-order valence-corrected chi connectivity index (χ3v) is 9.04. The largest absolute Gasteiger partial charge is 0.370 e. The summed E-state index contributed by atoms with van der Waals surface area (Å²) in [5.74, 6) is 0. The molecule has 0 spiro atoms. The van der Waals surface area contributed by atoms with Crippen molar-refractivity contribution in [3.8, 4) is 6.07 Å². The smallest absolute Gasteiger partial charge is 0.211 e. The van der Waals surface area contributed by atoms with Crippen molar-refractivity contribution in [3.05, 3.63) is 24.3 Å². The second-order valence-corrected chi connectivity index (χ2v) is 12.1. The van der Waals surface area contributed by atoms with E-state index in [1.807, 2.05) is 0 Å². The number of hydrogen-bond donors (Lipinski definition) is 0. The predicted molar refractivity (Wildman–Crippen MR) is 125 cm³/mol. The highest BCUT2D eigenvalue weighted by atomic mass is 32.2. The molecule has 0 bridgehead atoms. The first-order valence-corrected chi connectivity index (χ1v) is 13.1. The molecule has 3 heterocycles. The quantitative estimate of drug-likeness (QED) is 0.626. The standard InChI is InChI=1S/C23H35N5O2S/c1-22-16-25(11-5-4-10-24)17-23(22,2)19-27(18-22)21-8-6-20(7-9-21)26-12-14-28(15-13-26)31(3,29)30/h6-9H,4-5,11-19H2,1-3H3. The van der Waals surface area contributed by atoms with Crippen molar-refractivity contribution in [2.24, 2.45) is 10.8 Å². The molecule has 170 valence electrons. The van der Waals surface area contributed by atoms with Crippen LogP contribution >= 0.6 is 0 Å². The van der Waals surface area contributed by atoms with E-state index in [0.717, 1.165) is 57.9 Å². The number of piperazine rings is 1. The Hall–Kier alpha value is -1.82. The number of anilines is 2. The summed E-state index contributed by atoms with van der Waals surface area (Å²) in [4.78, 5) is 7.35. The highest BCUT2D eigenvalue weighted by Crippen LogP contribution is 2.52. The van der Waals surface area contributed by atoms with E-state index in [4.69, 9.17) is 5.26 Å². The van der Waals surface area contributed by atoms with Crippen LogP contribution in [-0.2, 0) is 10.0 Å². The van der Waals surface area contributed by atoms with Crippen molar-refractivity contribution >= 4 is 21.4 Å². The first-order valence-electron chi connectivity index (χ1n) is 11.3. The van der Waals surface area contributed by atoms with Crippen LogP contribution in [0.5, 0.6) is 0 Å². The summed E-state index contributed by atoms with van der Waals surface area (Å²) in [7, 11) is -3.10. The van der Waals surface area contributed by atoms with Crippen LogP contribution in [0, 0.1) is 22.2 Å². The van der Waals surface area contributed by atoms with Crippen molar-refractivity contribution in [2.75, 3.05) is 75.0 Å². The normalized spacial score (nSPS) is 29.9. The third-order valence-electron chi connectivity index (χ3n) is 7.73. The highest BCUT2D eigenvalue weighted by Gasteiger charge is 2.57. The Labute approximate surface area is 187 Å². The van der Waals surface area contributed by atoms with Crippen LogP contribution in [0.1, 0.15) is 26.7 Å². The van der Waals surface area contributed by atoms with Gasteiger partial charge in [0.2, 0.25) is 10.0 Å². The van der Waals surface area contributed by atoms with Gasteiger partial charge in [-0.25, -0.2) is 8.42 Å². The van der Waals surface area contributed by atoms with Gasteiger partial charge in [-0.3, -0.25) is 0 Å². The van der Waals surface area contributed by atoms with Gasteiger partial charge in [-0.2, -0.15) is 9.57 Å². The summed E-state index contributed by atoms with van der Waals surface area (Å²) in [5.41, 5.74) is 2.96. The Balaban J connectivity index is 1.36. The molecule has 4 rings (SSSR count). The first kappa shape index (κ1) is 22.4. The molecule has 1 aromatic rings. The maximum absolute atomic E-state index is 11.7. The molecule has 3 aliphatic rings. The van der Waals surface area contributed by atoms with Gasteiger partial charge in [0.1, 0.15) is 0 Å². The monoisotopic (exact) mass is 445 g/mol. The molecule has 31 heavy (non-hydrogen) atoms. The lowest BCUT2D eigenvalue weighted by Gasteiger charge is -2.35. The van der Waals surface area contributed by atoms with E-state index in [2.05, 4.69) is 58.9 Å². The van der Waals surface area contributed by atoms with E-state index < -0.39 is 10.0 Å². The fourth-order valence-electron chi connectivity index (χ4n) is 5.68. The molecule has 2 atom stereocenters. The Morgan fingerprint density at radius 2 is 1.42 bits per heavy atom. The number of nitriles is 1. The molecule has 0 aliphatic carbocycles. The molecule has 3 aliphatic heterocycles. The fraction of sp³-hybridized carbons (Fsp3) is 0.696. The van der Waals surface area contributed by atoms with Crippen LogP contribution in [0.2, 0.25) is 0 Å². The zero-order valence-corrected chi connectivity index (χ0v) is 19.9. The molecule has 0 saturated carbocycles. The Morgan fingerprint density at radius 1 is 0.903 bits per heavy atom. The summed E-state index contributed by atoms with van der Waals surface area (Å²) in [6.45, 7) is 12.8. The SMILES string of the molecule is CC12CN(CCCC#N)CC1(C)CN(c1ccc(N3CCN(S(C)(=O)=O)CC3)cc1)C2. The van der Waals surface area contributed by atoms with E-state index in [1.165, 1.54) is 11.9 Å². The van der Waals surface area contributed by atoms with Crippen molar-refractivity contribution in [1.29, 1.82) is 5.26 Å². The Kier molecular flexibility index (Phi) is 5.97. The number of nitrogens with zero attached hydrogens (tertiary/aromatic N) is 5. The van der Waals surface area contributed by atoms with Gasteiger partial charge in [0.25, 0.3) is 0 Å². The lowest BCUT2D eigenvalue weighted by atomic mass is 9.71. The first-order chi connectivity index (χ1) is 14.6. The van der Waals surface area contributed by atoms with E-state index in [0.29, 0.717) is 19.5 Å². The molecule has 8 heteroatoms. The van der Waals surface area contributed by atoms with Gasteiger partial charge in [0.05, 0.1) is 12.3 Å². The Bertz CT molecular complexity index is 916. The molecule has 7 nitrogen and oxygen atoms in total. The minimum Gasteiger partial charge on any atom is -0.370 e. The summed E-state index contributed by atoms with van der Waals surface area (Å²) < 4.78 is 25.0. The number of hydrogen-bond acceptors (Lipinski definition) is 6. The van der Waals surface area contributed by atoms with Gasteiger partial charge in [0.15, 0.2) is 0 Å². The number of fused-ring (bicyclic) bond motifs is 1. The lowest BCUT2D eigenvalue weighted by molar-refractivity contribution is 0.212. The van der Waals surface area contributed by atoms with Gasteiger partial charge in [0, 0.05) is 81.0 Å². The molecular weight excluding hydrogens is 410 g/mol. The van der Waals surface area contributed by atoms with Crippen molar-refractivity contribution < 1.29 is 8.42 Å². The van der Waals surface area contributed by atoms with Gasteiger partial charge in [-0.1, -0.05) is 13.8 Å². The number of likely N-dealkylation sites (tertiary alicyclic amines) is 1. The Morgan fingerprint density at radius 3 is 1.90 bits per heavy atom. The van der Waals surface area contributed by atoms with Gasteiger partial charge in [-0.05, 0) is 37.2 Å². The summed E-state index contributed by atoms with van der Waals surface area (Å²) >= 11 is 0. The number of sulfonamides is 1. The van der Waals surface area contributed by atoms with Gasteiger partial charge in [-0.15, -0.1) is 0 Å². The average molecular weight is 446 g/mol. The summed E-state index contributed by atoms with van der Waals surface area (Å²) in [6, 6.07) is 11.1. The maximum atomic E-state index is 11.7. The lowest BCUT2D eigenvalue weighted by Crippen LogP contribution is -2.48. The molecule has 3 fully saturated rings. The molecule has 2 unspecified atom stereocenters. The molecule has 0 aromatic heterocycles. The van der Waals surface area contributed by atoms with Crippen molar-refractivity contribution in [1.82, 2.24) is 9.21 Å². The second-order valence-electron chi connectivity index (χ2n) is 10.1. The van der Waals surface area contributed by atoms with E-state index in [-0.39, 0.29) is 10.8 Å².